The molecule has 0 atom stereocenters. The van der Waals surface area contributed by atoms with Gasteiger partial charge in [0.15, 0.2) is 0 Å². The smallest absolute Gasteiger partial charge is 0.0468 e. The Labute approximate surface area is 496 Å². The number of anilines is 12. The molecule has 0 aromatic heterocycles. The van der Waals surface area contributed by atoms with Gasteiger partial charge in [0.1, 0.15) is 0 Å². The Kier molecular flexibility index (Phi) is 14.1. The molecule has 13 rings (SSSR count). The largest absolute Gasteiger partial charge is 0.310 e. The van der Waals surface area contributed by atoms with Crippen LogP contribution in [0.1, 0.15) is 44.5 Å². The Hall–Kier alpha value is -10.2. The molecule has 4 nitrogen and oxygen atoms in total. The van der Waals surface area contributed by atoms with Crippen LogP contribution in [0.2, 0.25) is 0 Å². The van der Waals surface area contributed by atoms with Crippen molar-refractivity contribution in [3.05, 3.63) is 311 Å². The molecular weight excluding hydrogens is 1020 g/mol. The van der Waals surface area contributed by atoms with Crippen molar-refractivity contribution in [2.24, 2.45) is 0 Å². The highest BCUT2D eigenvalue weighted by atomic mass is 15.2. The maximum atomic E-state index is 2.44. The first kappa shape index (κ1) is 53.2. The molecule has 0 saturated heterocycles. The number of nitrogens with zero attached hydrogens (tertiary/aromatic N) is 4. The fourth-order valence-electron chi connectivity index (χ4n) is 11.9. The molecule has 0 unspecified atom stereocenters. The Morgan fingerprint density at radius 3 is 0.381 bits per heavy atom. The zero-order valence-electron chi connectivity index (χ0n) is 49.2. The van der Waals surface area contributed by atoms with Crippen LogP contribution in [0.5, 0.6) is 0 Å². The van der Waals surface area contributed by atoms with E-state index in [1.165, 1.54) is 44.5 Å². The molecule has 0 amide bonds. The fourth-order valence-corrected chi connectivity index (χ4v) is 11.9. The molecule has 0 bridgehead atoms. The van der Waals surface area contributed by atoms with Crippen LogP contribution in [-0.4, -0.2) is 0 Å². The Morgan fingerprint density at radius 2 is 0.250 bits per heavy atom. The molecule has 0 N–H and O–H groups in total. The first-order valence-corrected chi connectivity index (χ1v) is 29.2. The Balaban J connectivity index is 1.12. The van der Waals surface area contributed by atoms with Crippen molar-refractivity contribution >= 4 is 68.2 Å². The minimum Gasteiger partial charge on any atom is -0.310 e. The normalized spacial score (nSPS) is 11.3. The summed E-state index contributed by atoms with van der Waals surface area (Å²) in [6, 6.07) is 99.9. The van der Waals surface area contributed by atoms with Gasteiger partial charge >= 0.3 is 0 Å². The molecule has 84 heavy (non-hydrogen) atoms. The molecule has 1 aliphatic carbocycles. The lowest BCUT2D eigenvalue weighted by atomic mass is 9.80. The van der Waals surface area contributed by atoms with Crippen LogP contribution in [0.25, 0.3) is 44.5 Å². The molecule has 0 spiro atoms. The third-order valence-corrected chi connectivity index (χ3v) is 16.5. The van der Waals surface area contributed by atoms with Gasteiger partial charge in [-0.15, -0.1) is 0 Å². The van der Waals surface area contributed by atoms with Crippen molar-refractivity contribution in [1.82, 2.24) is 0 Å². The van der Waals surface area contributed by atoms with Gasteiger partial charge in [-0.25, -0.2) is 0 Å². The average Bonchev–Trinajstić information content (AvgIpc) is 1.29. The molecule has 12 aromatic carbocycles. The van der Waals surface area contributed by atoms with Crippen LogP contribution in [0.3, 0.4) is 0 Å². The van der Waals surface area contributed by atoms with Gasteiger partial charge in [-0.2, -0.15) is 0 Å². The van der Waals surface area contributed by atoms with Gasteiger partial charge < -0.3 is 19.6 Å². The maximum Gasteiger partial charge on any atom is 0.0468 e. The second-order valence-corrected chi connectivity index (χ2v) is 22.9. The SMILES string of the molecule is Cc1ccc(N(c2ccc(C)cc2)c2ccc3c(c2)-c2ccc(N(c4ccc(C)cc4)c4ccc(C)cc4)cc2-c2ccc(N(c4ccc(C)cc4)c4ccc(C)cc4)cc2-c2ccc(N(c4ccc(C)cc4)c4ccc(C)cc4)cc2-3)cc1. The van der Waals surface area contributed by atoms with E-state index in [2.05, 4.69) is 342 Å². The molecule has 1 aliphatic rings. The second-order valence-electron chi connectivity index (χ2n) is 22.9. The summed E-state index contributed by atoms with van der Waals surface area (Å²) >= 11 is 0. The van der Waals surface area contributed by atoms with Crippen molar-refractivity contribution < 1.29 is 0 Å². The highest BCUT2D eigenvalue weighted by Gasteiger charge is 2.28. The van der Waals surface area contributed by atoms with Crippen LogP contribution in [0.15, 0.2) is 267 Å². The summed E-state index contributed by atoms with van der Waals surface area (Å²) in [6.07, 6.45) is 0. The van der Waals surface area contributed by atoms with Gasteiger partial charge in [0.05, 0.1) is 0 Å². The van der Waals surface area contributed by atoms with Crippen molar-refractivity contribution in [3.63, 3.8) is 0 Å². The molecule has 0 saturated carbocycles. The predicted molar refractivity (Wildman–Crippen MR) is 358 cm³/mol. The van der Waals surface area contributed by atoms with Crippen LogP contribution < -0.4 is 19.6 Å². The molecule has 0 fully saturated rings. The minimum absolute atomic E-state index is 1.07. The zero-order valence-corrected chi connectivity index (χ0v) is 49.2. The number of hydrogen-bond acceptors (Lipinski definition) is 4. The molecule has 0 radical (unpaired) electrons. The average molecular weight is 1090 g/mol. The molecular formula is C80H68N4. The standard InChI is InChI=1S/C80H68N4/c1-53-9-25-61(26-10-53)81(62-27-11-54(2)12-28-62)69-41-45-73-77(49-69)74-46-42-70(82(63-29-13-55(3)14-30-63)64-31-15-56(4)16-32-64)51-79(74)76-48-44-72(84(67-37-21-59(7)22-38-67)68-39-23-60(8)24-40-68)52-80(76)75-47-43-71(50-78(73)75)83(65-33-17-57(5)18-34-65)66-35-19-58(6)20-36-66/h9-52H,1-8H3. The van der Waals surface area contributed by atoms with Gasteiger partial charge in [-0.05, 0) is 245 Å². The van der Waals surface area contributed by atoms with Crippen LogP contribution in [0, 0.1) is 55.4 Å². The Morgan fingerprint density at radius 1 is 0.131 bits per heavy atom. The van der Waals surface area contributed by atoms with E-state index in [9.17, 15) is 0 Å². The van der Waals surface area contributed by atoms with Crippen molar-refractivity contribution in [3.8, 4) is 44.5 Å². The first-order valence-electron chi connectivity index (χ1n) is 29.2. The van der Waals surface area contributed by atoms with E-state index < -0.39 is 0 Å². The minimum atomic E-state index is 1.07. The lowest BCUT2D eigenvalue weighted by Gasteiger charge is -2.32. The lowest BCUT2D eigenvalue weighted by Crippen LogP contribution is -2.12. The number of benzene rings is 12. The number of hydrogen-bond donors (Lipinski definition) is 0. The second kappa shape index (κ2) is 22.3. The lowest BCUT2D eigenvalue weighted by molar-refractivity contribution is 1.26. The quantitative estimate of drug-likeness (QED) is 0.121. The van der Waals surface area contributed by atoms with Crippen molar-refractivity contribution in [2.75, 3.05) is 19.6 Å². The van der Waals surface area contributed by atoms with Crippen molar-refractivity contribution in [1.29, 1.82) is 0 Å². The van der Waals surface area contributed by atoms with Gasteiger partial charge in [-0.1, -0.05) is 166 Å². The summed E-state index contributed by atoms with van der Waals surface area (Å²) in [7, 11) is 0. The number of fused-ring (bicyclic) bond motifs is 8. The molecule has 12 aromatic rings. The summed E-state index contributed by atoms with van der Waals surface area (Å²) in [4.78, 5) is 9.62. The van der Waals surface area contributed by atoms with E-state index in [0.29, 0.717) is 0 Å². The van der Waals surface area contributed by atoms with Gasteiger partial charge in [0, 0.05) is 68.2 Å². The van der Waals surface area contributed by atoms with Crippen LogP contribution in [0.4, 0.5) is 68.2 Å². The molecule has 0 heterocycles. The first-order chi connectivity index (χ1) is 40.9. The monoisotopic (exact) mass is 1080 g/mol. The Bertz CT molecular complexity index is 3550. The van der Waals surface area contributed by atoms with Gasteiger partial charge in [-0.3, -0.25) is 0 Å². The summed E-state index contributed by atoms with van der Waals surface area (Å²) in [5.41, 5.74) is 31.9. The van der Waals surface area contributed by atoms with Crippen LogP contribution >= 0.6 is 0 Å². The summed E-state index contributed by atoms with van der Waals surface area (Å²) in [5, 5.41) is 0. The maximum absolute atomic E-state index is 2.44. The summed E-state index contributed by atoms with van der Waals surface area (Å²) in [6.45, 7) is 17.2. The van der Waals surface area contributed by atoms with E-state index in [1.807, 2.05) is 0 Å². The fraction of sp³-hybridized carbons (Fsp3) is 0.100. The van der Waals surface area contributed by atoms with Gasteiger partial charge in [0.25, 0.3) is 0 Å². The van der Waals surface area contributed by atoms with E-state index >= 15 is 0 Å². The van der Waals surface area contributed by atoms with Gasteiger partial charge in [0.2, 0.25) is 0 Å². The topological polar surface area (TPSA) is 13.0 Å². The highest BCUT2D eigenvalue weighted by Crippen LogP contribution is 2.54. The van der Waals surface area contributed by atoms with Crippen molar-refractivity contribution in [2.45, 2.75) is 55.4 Å². The van der Waals surface area contributed by atoms with E-state index in [0.717, 1.165) is 113 Å². The molecule has 408 valence electrons. The van der Waals surface area contributed by atoms with Crippen LogP contribution in [-0.2, 0) is 0 Å². The van der Waals surface area contributed by atoms with E-state index in [-0.39, 0.29) is 0 Å². The number of aryl methyl sites for hydroxylation is 8. The van der Waals surface area contributed by atoms with E-state index in [1.54, 1.807) is 0 Å². The summed E-state index contributed by atoms with van der Waals surface area (Å²) in [5.74, 6) is 0. The summed E-state index contributed by atoms with van der Waals surface area (Å²) < 4.78 is 0. The third kappa shape index (κ3) is 10.4. The predicted octanol–water partition coefficient (Wildman–Crippen LogP) is 23.0. The molecule has 0 aliphatic heterocycles. The number of rotatable bonds is 12. The molecule has 4 heteroatoms. The third-order valence-electron chi connectivity index (χ3n) is 16.5. The van der Waals surface area contributed by atoms with E-state index in [4.69, 9.17) is 0 Å². The highest BCUT2D eigenvalue weighted by molar-refractivity contribution is 6.07. The zero-order chi connectivity index (χ0) is 57.6.